The fourth-order valence-electron chi connectivity index (χ4n) is 1.92. The topological polar surface area (TPSA) is 167 Å². The molecular formula is C22H36O10Ti. The molecule has 33 heavy (non-hydrogen) atoms. The molecule has 0 atom stereocenters. The number of hydrogen-bond acceptors (Lipinski definition) is 10. The number of hydrogen-bond donors (Lipinski definition) is 0. The van der Waals surface area contributed by atoms with Crippen LogP contribution in [-0.2, 0) is 60.3 Å². The Morgan fingerprint density at radius 1 is 0.606 bits per heavy atom. The zero-order chi connectivity index (χ0) is 25.4. The minimum absolute atomic E-state index is 0. The van der Waals surface area contributed by atoms with Gasteiger partial charge in [0.1, 0.15) is 23.8 Å². The Labute approximate surface area is 210 Å². The molecule has 0 rings (SSSR count). The van der Waals surface area contributed by atoms with Gasteiger partial charge in [-0.15, -0.1) is 0 Å². The van der Waals surface area contributed by atoms with Crippen LogP contribution < -0.4 is 10.2 Å². The van der Waals surface area contributed by atoms with Crippen molar-refractivity contribution in [3.8, 4) is 0 Å². The summed E-state index contributed by atoms with van der Waals surface area (Å²) in [6.07, 6.45) is 4.02. The summed E-state index contributed by atoms with van der Waals surface area (Å²) in [5.41, 5.74) is 0. The second-order valence-electron chi connectivity index (χ2n) is 6.77. The van der Waals surface area contributed by atoms with Crippen molar-refractivity contribution >= 4 is 35.3 Å². The van der Waals surface area contributed by atoms with Gasteiger partial charge in [0.05, 0.1) is 6.61 Å². The molecule has 0 aliphatic heterocycles. The predicted molar refractivity (Wildman–Crippen MR) is 111 cm³/mol. The Balaban J connectivity index is -0.000000196. The fraction of sp³-hybridized carbons (Fsp3) is 0.727. The molecule has 0 radical (unpaired) electrons. The van der Waals surface area contributed by atoms with E-state index in [0.717, 1.165) is 19.3 Å². The minimum atomic E-state index is -1.28. The van der Waals surface area contributed by atoms with E-state index >= 15 is 0 Å². The van der Waals surface area contributed by atoms with Gasteiger partial charge >= 0.3 is 27.7 Å². The molecule has 0 aromatic rings. The Kier molecular flexibility index (Phi) is 32.7. The first-order valence-corrected chi connectivity index (χ1v) is 10.8. The zero-order valence-corrected chi connectivity index (χ0v) is 21.6. The number of rotatable bonds is 16. The monoisotopic (exact) mass is 508 g/mol. The summed E-state index contributed by atoms with van der Waals surface area (Å²) in [5.74, 6) is -3.77. The van der Waals surface area contributed by atoms with E-state index in [1.165, 1.54) is 0 Å². The number of unbranched alkanes of at least 4 members (excludes halogenated alkanes) is 1. The van der Waals surface area contributed by atoms with Crippen molar-refractivity contribution in [1.82, 2.24) is 0 Å². The van der Waals surface area contributed by atoms with Gasteiger partial charge in [-0.25, -0.2) is 4.79 Å². The largest absolute Gasteiger partial charge is 2.00 e. The molecule has 0 saturated carbocycles. The van der Waals surface area contributed by atoms with Crippen LogP contribution in [0.25, 0.3) is 0 Å². The molecule has 0 amide bonds. The molecule has 0 aromatic heterocycles. The third-order valence-corrected chi connectivity index (χ3v) is 3.34. The summed E-state index contributed by atoms with van der Waals surface area (Å²) < 4.78 is 0. The number of Topliss-reactive ketones (excluding diaryl/α,β-unsaturated/α-hetero) is 3. The number of ketones is 3. The van der Waals surface area contributed by atoms with Crippen molar-refractivity contribution in [2.45, 2.75) is 98.3 Å². The van der Waals surface area contributed by atoms with Gasteiger partial charge in [0.2, 0.25) is 0 Å². The van der Waals surface area contributed by atoms with Crippen LogP contribution in [0.15, 0.2) is 0 Å². The predicted octanol–water partition coefficient (Wildman–Crippen LogP) is 1.01. The quantitative estimate of drug-likeness (QED) is 0.0965. The van der Waals surface area contributed by atoms with Crippen LogP contribution in [0.3, 0.4) is 0 Å². The first-order chi connectivity index (χ1) is 15.0. The van der Waals surface area contributed by atoms with Gasteiger partial charge in [-0.05, 0) is 25.7 Å². The minimum Gasteiger partial charge on any atom is -0.550 e. The van der Waals surface area contributed by atoms with Crippen LogP contribution >= 0.6 is 0 Å². The SMILES string of the molecule is CCCC(=O)CC(=O)[O-].CCCC(=O)CC(=O)[O-].CCCCOOC(=O)CC(=O)CCC.[Ti+2]. The van der Waals surface area contributed by atoms with E-state index in [1.54, 1.807) is 0 Å². The number of aliphatic carboxylic acids is 2. The van der Waals surface area contributed by atoms with E-state index in [2.05, 4.69) is 9.78 Å². The summed E-state index contributed by atoms with van der Waals surface area (Å²) in [7, 11) is 0. The van der Waals surface area contributed by atoms with Crippen molar-refractivity contribution in [3.63, 3.8) is 0 Å². The van der Waals surface area contributed by atoms with E-state index < -0.39 is 30.7 Å². The average Bonchev–Trinajstić information content (AvgIpc) is 2.65. The van der Waals surface area contributed by atoms with Gasteiger partial charge in [-0.2, -0.15) is 4.89 Å². The van der Waals surface area contributed by atoms with Crippen LogP contribution in [-0.4, -0.2) is 41.9 Å². The molecule has 0 heterocycles. The summed E-state index contributed by atoms with van der Waals surface area (Å²) in [5, 5.41) is 19.5. The van der Waals surface area contributed by atoms with Crippen molar-refractivity contribution in [1.29, 1.82) is 0 Å². The van der Waals surface area contributed by atoms with E-state index in [0.29, 0.717) is 38.7 Å². The number of carbonyl (C=O) groups excluding carboxylic acids is 6. The molecule has 0 aromatic carbocycles. The number of carbonyl (C=O) groups is 6. The molecule has 0 aliphatic carbocycles. The third-order valence-electron chi connectivity index (χ3n) is 3.34. The molecule has 0 N–H and O–H groups in total. The van der Waals surface area contributed by atoms with Crippen molar-refractivity contribution in [3.05, 3.63) is 0 Å². The Morgan fingerprint density at radius 3 is 1.27 bits per heavy atom. The van der Waals surface area contributed by atoms with Crippen LogP contribution in [0.5, 0.6) is 0 Å². The molecule has 0 spiro atoms. The van der Waals surface area contributed by atoms with Crippen LogP contribution in [0.1, 0.15) is 98.3 Å². The Morgan fingerprint density at radius 2 is 0.970 bits per heavy atom. The zero-order valence-electron chi connectivity index (χ0n) is 20.1. The molecule has 0 unspecified atom stereocenters. The van der Waals surface area contributed by atoms with Crippen molar-refractivity contribution < 1.29 is 70.5 Å². The molecule has 10 nitrogen and oxygen atoms in total. The van der Waals surface area contributed by atoms with E-state index in [9.17, 15) is 39.0 Å². The maximum Gasteiger partial charge on any atom is 2.00 e. The van der Waals surface area contributed by atoms with Crippen LogP contribution in [0.2, 0.25) is 0 Å². The maximum absolute atomic E-state index is 11.0. The smallest absolute Gasteiger partial charge is 0.550 e. The van der Waals surface area contributed by atoms with Gasteiger partial charge in [0, 0.05) is 44.0 Å². The number of carboxylic acid groups (broad SMARTS) is 2. The normalized spacial score (nSPS) is 9.09. The first-order valence-electron chi connectivity index (χ1n) is 10.8. The summed E-state index contributed by atoms with van der Waals surface area (Å²) in [4.78, 5) is 71.3. The molecule has 0 fully saturated rings. The number of carboxylic acids is 2. The van der Waals surface area contributed by atoms with Crippen LogP contribution in [0, 0.1) is 0 Å². The van der Waals surface area contributed by atoms with Gasteiger partial charge in [0.25, 0.3) is 0 Å². The summed E-state index contributed by atoms with van der Waals surface area (Å²) in [6.45, 7) is 7.95. The molecule has 0 aliphatic rings. The van der Waals surface area contributed by atoms with Crippen molar-refractivity contribution in [2.24, 2.45) is 0 Å². The molecule has 11 heteroatoms. The first kappa shape index (κ1) is 38.4. The van der Waals surface area contributed by atoms with Gasteiger partial charge < -0.3 is 19.8 Å². The van der Waals surface area contributed by atoms with E-state index in [1.807, 2.05) is 27.7 Å². The van der Waals surface area contributed by atoms with Gasteiger partial charge in [-0.3, -0.25) is 19.3 Å². The molecular weight excluding hydrogens is 472 g/mol. The van der Waals surface area contributed by atoms with Gasteiger partial charge in [0.15, 0.2) is 0 Å². The molecule has 188 valence electrons. The standard InChI is InChI=1S/C10H18O4.2C6H10O3.Ti/c1-3-5-7-13-14-10(12)8-9(11)6-4-2;2*1-2-3-5(7)4-6(8)9;/h3-8H2,1-2H3;2*2-4H2,1H3,(H,8,9);/q;;;+2/p-2. The van der Waals surface area contributed by atoms with E-state index in [4.69, 9.17) is 0 Å². The average molecular weight is 508 g/mol. The molecule has 0 bridgehead atoms. The second-order valence-corrected chi connectivity index (χ2v) is 6.77. The Hall–Kier alpha value is -1.91. The maximum atomic E-state index is 11.0. The summed E-state index contributed by atoms with van der Waals surface area (Å²) in [6, 6.07) is 0. The van der Waals surface area contributed by atoms with Crippen LogP contribution in [0.4, 0.5) is 0 Å². The third kappa shape index (κ3) is 37.7. The molecule has 0 saturated heterocycles. The van der Waals surface area contributed by atoms with Gasteiger partial charge in [-0.1, -0.05) is 34.1 Å². The Bertz CT molecular complexity index is 546. The second kappa shape index (κ2) is 28.1. The summed E-state index contributed by atoms with van der Waals surface area (Å²) >= 11 is 0. The van der Waals surface area contributed by atoms with E-state index in [-0.39, 0.29) is 45.5 Å². The van der Waals surface area contributed by atoms with Crippen molar-refractivity contribution in [2.75, 3.05) is 6.61 Å². The fourth-order valence-corrected chi connectivity index (χ4v) is 1.92.